The van der Waals surface area contributed by atoms with Crippen molar-refractivity contribution in [2.24, 2.45) is 5.73 Å². The van der Waals surface area contributed by atoms with Gasteiger partial charge in [-0.3, -0.25) is 0 Å². The SMILES string of the molecule is CCC(N)(CC)c1ccc(CCCc2ccc(Nc3ccccc3C(=O)O)cc2)cc1. The van der Waals surface area contributed by atoms with Crippen LogP contribution in [-0.2, 0) is 18.4 Å². The summed E-state index contributed by atoms with van der Waals surface area (Å²) in [6.45, 7) is 4.28. The molecule has 4 nitrogen and oxygen atoms in total. The van der Waals surface area contributed by atoms with Crippen LogP contribution >= 0.6 is 0 Å². The zero-order valence-corrected chi connectivity index (χ0v) is 18.4. The monoisotopic (exact) mass is 416 g/mol. The lowest BCUT2D eigenvalue weighted by Gasteiger charge is -2.27. The normalized spacial score (nSPS) is 11.3. The van der Waals surface area contributed by atoms with Crippen LogP contribution in [0.3, 0.4) is 0 Å². The molecule has 0 spiro atoms. The van der Waals surface area contributed by atoms with Crippen molar-refractivity contribution in [1.29, 1.82) is 0 Å². The highest BCUT2D eigenvalue weighted by Crippen LogP contribution is 2.26. The number of nitrogens with two attached hydrogens (primary N) is 1. The van der Waals surface area contributed by atoms with E-state index in [1.807, 2.05) is 18.2 Å². The van der Waals surface area contributed by atoms with E-state index in [2.05, 4.69) is 55.6 Å². The molecule has 0 radical (unpaired) electrons. The van der Waals surface area contributed by atoms with E-state index in [1.54, 1.807) is 18.2 Å². The average Bonchev–Trinajstić information content (AvgIpc) is 2.80. The van der Waals surface area contributed by atoms with Gasteiger partial charge in [0.15, 0.2) is 0 Å². The smallest absolute Gasteiger partial charge is 0.337 e. The molecule has 0 aliphatic rings. The van der Waals surface area contributed by atoms with E-state index in [0.29, 0.717) is 5.69 Å². The van der Waals surface area contributed by atoms with Gasteiger partial charge in [0.1, 0.15) is 0 Å². The number of benzene rings is 3. The first kappa shape index (κ1) is 22.6. The summed E-state index contributed by atoms with van der Waals surface area (Å²) in [6.07, 6.45) is 4.98. The number of hydrogen-bond donors (Lipinski definition) is 3. The number of nitrogens with one attached hydrogen (secondary N) is 1. The van der Waals surface area contributed by atoms with Gasteiger partial charge in [0, 0.05) is 11.2 Å². The minimum Gasteiger partial charge on any atom is -0.478 e. The Morgan fingerprint density at radius 2 is 1.42 bits per heavy atom. The van der Waals surface area contributed by atoms with Crippen LogP contribution in [0.15, 0.2) is 72.8 Å². The third-order valence-corrected chi connectivity index (χ3v) is 6.11. The minimum absolute atomic E-state index is 0.223. The second-order valence-corrected chi connectivity index (χ2v) is 8.09. The van der Waals surface area contributed by atoms with Crippen LogP contribution in [-0.4, -0.2) is 11.1 Å². The zero-order chi connectivity index (χ0) is 22.3. The van der Waals surface area contributed by atoms with Crippen LogP contribution in [0.25, 0.3) is 0 Å². The number of hydrogen-bond acceptors (Lipinski definition) is 3. The second-order valence-electron chi connectivity index (χ2n) is 8.09. The molecular formula is C27H32N2O2. The van der Waals surface area contributed by atoms with Gasteiger partial charge in [0.05, 0.1) is 11.3 Å². The minimum atomic E-state index is -0.936. The van der Waals surface area contributed by atoms with Crippen molar-refractivity contribution in [3.05, 3.63) is 95.1 Å². The summed E-state index contributed by atoms with van der Waals surface area (Å²) in [5.41, 5.74) is 11.8. The van der Waals surface area contributed by atoms with Gasteiger partial charge < -0.3 is 16.2 Å². The fourth-order valence-electron chi connectivity index (χ4n) is 3.85. The Bertz CT molecular complexity index is 991. The van der Waals surface area contributed by atoms with E-state index in [0.717, 1.165) is 37.8 Å². The van der Waals surface area contributed by atoms with Gasteiger partial charge in [-0.2, -0.15) is 0 Å². The van der Waals surface area contributed by atoms with Crippen LogP contribution in [0.5, 0.6) is 0 Å². The quantitative estimate of drug-likeness (QED) is 0.364. The third kappa shape index (κ3) is 5.74. The summed E-state index contributed by atoms with van der Waals surface area (Å²) in [5, 5.41) is 12.5. The highest BCUT2D eigenvalue weighted by Gasteiger charge is 2.22. The molecule has 0 aliphatic carbocycles. The Morgan fingerprint density at radius 1 is 0.871 bits per heavy atom. The molecule has 0 saturated carbocycles. The topological polar surface area (TPSA) is 75.3 Å². The molecule has 0 aromatic heterocycles. The lowest BCUT2D eigenvalue weighted by atomic mass is 9.85. The Hall–Kier alpha value is -3.11. The van der Waals surface area contributed by atoms with E-state index in [1.165, 1.54) is 16.7 Å². The largest absolute Gasteiger partial charge is 0.478 e. The molecule has 4 N–H and O–H groups in total. The second kappa shape index (κ2) is 10.3. The molecular weight excluding hydrogens is 384 g/mol. The lowest BCUT2D eigenvalue weighted by molar-refractivity contribution is 0.0698. The molecule has 0 aliphatic heterocycles. The molecule has 3 aromatic rings. The fraction of sp³-hybridized carbons (Fsp3) is 0.296. The van der Waals surface area contributed by atoms with E-state index < -0.39 is 5.97 Å². The molecule has 0 atom stereocenters. The summed E-state index contributed by atoms with van der Waals surface area (Å²) in [6, 6.07) is 23.9. The van der Waals surface area contributed by atoms with E-state index >= 15 is 0 Å². The first-order valence-corrected chi connectivity index (χ1v) is 11.0. The molecule has 0 amide bonds. The molecule has 4 heteroatoms. The van der Waals surface area contributed by atoms with Crippen LogP contribution in [0.1, 0.15) is 60.2 Å². The zero-order valence-electron chi connectivity index (χ0n) is 18.4. The molecule has 0 unspecified atom stereocenters. The molecule has 0 heterocycles. The maximum Gasteiger partial charge on any atom is 0.337 e. The number of aromatic carboxylic acids is 1. The summed E-state index contributed by atoms with van der Waals surface area (Å²) < 4.78 is 0. The predicted molar refractivity (Wildman–Crippen MR) is 128 cm³/mol. The summed E-state index contributed by atoms with van der Waals surface area (Å²) in [4.78, 5) is 11.4. The van der Waals surface area contributed by atoms with Gasteiger partial charge in [-0.05, 0) is 73.1 Å². The molecule has 0 fully saturated rings. The molecule has 0 bridgehead atoms. The highest BCUT2D eigenvalue weighted by molar-refractivity contribution is 5.95. The van der Waals surface area contributed by atoms with Gasteiger partial charge in [0.2, 0.25) is 0 Å². The lowest BCUT2D eigenvalue weighted by Crippen LogP contribution is -2.34. The molecule has 0 saturated heterocycles. The number of carboxylic acid groups (broad SMARTS) is 1. The Labute approximate surface area is 185 Å². The van der Waals surface area contributed by atoms with Crippen molar-refractivity contribution in [3.63, 3.8) is 0 Å². The standard InChI is InChI=1S/C27H32N2O2/c1-3-27(28,4-2)22-16-12-20(13-17-22)8-7-9-21-14-18-23(19-15-21)29-25-11-6-5-10-24(25)26(30)31/h5-6,10-19,29H,3-4,7-9,28H2,1-2H3,(H,30,31). The summed E-state index contributed by atoms with van der Waals surface area (Å²) in [5.74, 6) is -0.936. The van der Waals surface area contributed by atoms with Crippen LogP contribution in [0.2, 0.25) is 0 Å². The van der Waals surface area contributed by atoms with Gasteiger partial charge in [-0.1, -0.05) is 62.4 Å². The van der Waals surface area contributed by atoms with Crippen molar-refractivity contribution in [2.75, 3.05) is 5.32 Å². The van der Waals surface area contributed by atoms with E-state index in [4.69, 9.17) is 5.73 Å². The van der Waals surface area contributed by atoms with Crippen molar-refractivity contribution in [3.8, 4) is 0 Å². The fourth-order valence-corrected chi connectivity index (χ4v) is 3.85. The summed E-state index contributed by atoms with van der Waals surface area (Å²) >= 11 is 0. The van der Waals surface area contributed by atoms with Gasteiger partial charge in [-0.15, -0.1) is 0 Å². The van der Waals surface area contributed by atoms with Crippen molar-refractivity contribution in [1.82, 2.24) is 0 Å². The maximum absolute atomic E-state index is 11.4. The Balaban J connectivity index is 1.54. The van der Waals surface area contributed by atoms with Gasteiger partial charge in [-0.25, -0.2) is 4.79 Å². The molecule has 3 rings (SSSR count). The van der Waals surface area contributed by atoms with Crippen molar-refractivity contribution in [2.45, 2.75) is 51.5 Å². The van der Waals surface area contributed by atoms with Crippen LogP contribution < -0.4 is 11.1 Å². The van der Waals surface area contributed by atoms with Gasteiger partial charge in [0.25, 0.3) is 0 Å². The van der Waals surface area contributed by atoms with Crippen molar-refractivity contribution >= 4 is 17.3 Å². The Kier molecular flexibility index (Phi) is 7.48. The number of carboxylic acids is 1. The number of rotatable bonds is 10. The number of carbonyl (C=O) groups is 1. The van der Waals surface area contributed by atoms with E-state index in [9.17, 15) is 9.90 Å². The molecule has 162 valence electrons. The first-order valence-electron chi connectivity index (χ1n) is 11.0. The predicted octanol–water partition coefficient (Wildman–Crippen LogP) is 6.28. The molecule has 31 heavy (non-hydrogen) atoms. The third-order valence-electron chi connectivity index (χ3n) is 6.11. The highest BCUT2D eigenvalue weighted by atomic mass is 16.4. The average molecular weight is 417 g/mol. The Morgan fingerprint density at radius 3 is 1.97 bits per heavy atom. The van der Waals surface area contributed by atoms with Gasteiger partial charge >= 0.3 is 5.97 Å². The first-order chi connectivity index (χ1) is 14.9. The number of anilines is 2. The van der Waals surface area contributed by atoms with Crippen LogP contribution in [0, 0.1) is 0 Å². The van der Waals surface area contributed by atoms with Crippen molar-refractivity contribution < 1.29 is 9.90 Å². The number of para-hydroxylation sites is 1. The van der Waals surface area contributed by atoms with E-state index in [-0.39, 0.29) is 11.1 Å². The molecule has 3 aromatic carbocycles. The number of aryl methyl sites for hydroxylation is 2. The van der Waals surface area contributed by atoms with Crippen LogP contribution in [0.4, 0.5) is 11.4 Å². The summed E-state index contributed by atoms with van der Waals surface area (Å²) in [7, 11) is 0. The maximum atomic E-state index is 11.4.